The molecule has 136 heavy (non-hydrogen) atoms. The molecule has 51 nitrogen and oxygen atoms in total. The fourth-order valence-corrected chi connectivity index (χ4v) is 12.9. The minimum absolute atomic E-state index is 0.0745. The SMILES string of the molecule is CC[C@H](C)[C@H](NC(=O)CNC(=O)[C@H](C)NC(=O)[C@H](C)NC(=O)[C@@H](NC(=O)[C@H](C)NC(=O)[C@H](CCC(=O)O)NC(=O)[C@H](CO)NC(=O)[C@@H](NC(=O)[C@H](CC(C)C)NC(=O)[C@H](CC(N)=O)NC(=O)[C@H](CCCCN)NC(=O)[C@H](C)NC(=O)[C@@H](N)CCC(=O)O)C(C)C)[C@@H](C)CC)C(=O)N[C@@H](Cc1ccccc1)C(=O)N[C@@H](CC(N)=O)C(=O)N[C@@H](CC(=O)O)C(=O)N[C@@H](CC(C)C)C(=O)NCC(=O)O. The molecule has 20 amide bonds. The lowest BCUT2D eigenvalue weighted by atomic mass is 9.97. The Morgan fingerprint density at radius 3 is 1.13 bits per heavy atom. The van der Waals surface area contributed by atoms with Gasteiger partial charge in [-0.1, -0.05) is 112 Å². The summed E-state index contributed by atoms with van der Waals surface area (Å²) in [5.74, 6) is -30.0. The number of rotatable bonds is 65. The van der Waals surface area contributed by atoms with E-state index >= 15 is 0 Å². The molecule has 1 aromatic rings. The number of hydrogen-bond donors (Lipinski definition) is 27. The molecule has 0 aliphatic carbocycles. The summed E-state index contributed by atoms with van der Waals surface area (Å²) in [5.41, 5.74) is 22.8. The van der Waals surface area contributed by atoms with Crippen LogP contribution in [0.1, 0.15) is 192 Å². The van der Waals surface area contributed by atoms with Crippen molar-refractivity contribution in [2.45, 2.75) is 296 Å². The molecular weight excluding hydrogens is 1790 g/mol. The van der Waals surface area contributed by atoms with E-state index in [4.69, 9.17) is 33.1 Å². The maximum atomic E-state index is 14.3. The van der Waals surface area contributed by atoms with Gasteiger partial charge in [-0.15, -0.1) is 0 Å². The summed E-state index contributed by atoms with van der Waals surface area (Å²) >= 11 is 0. The van der Waals surface area contributed by atoms with Gasteiger partial charge in [0, 0.05) is 19.3 Å². The molecule has 0 aliphatic rings. The first-order chi connectivity index (χ1) is 63.5. The Bertz CT molecular complexity index is 4330. The average Bonchev–Trinajstić information content (AvgIpc) is 0.841. The average molecular weight is 1930 g/mol. The van der Waals surface area contributed by atoms with Crippen molar-refractivity contribution in [3.63, 3.8) is 0 Å². The van der Waals surface area contributed by atoms with Crippen LogP contribution in [0.5, 0.6) is 0 Å². The highest BCUT2D eigenvalue weighted by Crippen LogP contribution is 2.17. The van der Waals surface area contributed by atoms with Crippen LogP contribution >= 0.6 is 0 Å². The van der Waals surface area contributed by atoms with Crippen molar-refractivity contribution >= 4 is 142 Å². The molecule has 1 rings (SSSR count). The summed E-state index contributed by atoms with van der Waals surface area (Å²) < 4.78 is 0. The Hall–Kier alpha value is -13.6. The van der Waals surface area contributed by atoms with Crippen LogP contribution in [0.15, 0.2) is 30.3 Å². The zero-order valence-corrected chi connectivity index (χ0v) is 78.9. The van der Waals surface area contributed by atoms with E-state index in [1.807, 2.05) is 0 Å². The summed E-state index contributed by atoms with van der Waals surface area (Å²) in [6, 6.07) is -19.2. The van der Waals surface area contributed by atoms with Gasteiger partial charge in [0.1, 0.15) is 103 Å². The first-order valence-corrected chi connectivity index (χ1v) is 44.5. The van der Waals surface area contributed by atoms with Crippen molar-refractivity contribution in [3.8, 4) is 0 Å². The van der Waals surface area contributed by atoms with E-state index in [0.29, 0.717) is 12.0 Å². The van der Waals surface area contributed by atoms with Gasteiger partial charge in [-0.25, -0.2) is 0 Å². The number of hydrogen-bond acceptors (Lipinski definition) is 27. The fourth-order valence-electron chi connectivity index (χ4n) is 12.9. The Labute approximate surface area is 785 Å². The molecule has 0 heterocycles. The van der Waals surface area contributed by atoms with Crippen LogP contribution < -0.4 is 119 Å². The Balaban J connectivity index is 3.34. The third-order valence-corrected chi connectivity index (χ3v) is 21.1. The van der Waals surface area contributed by atoms with Crippen LogP contribution in [0.2, 0.25) is 0 Å². The van der Waals surface area contributed by atoms with E-state index in [1.165, 1.54) is 34.6 Å². The number of nitrogens with two attached hydrogens (primary N) is 4. The number of unbranched alkanes of at least 4 members (excludes halogenated alkanes) is 1. The van der Waals surface area contributed by atoms with Gasteiger partial charge in [-0.05, 0) is 114 Å². The summed E-state index contributed by atoms with van der Waals surface area (Å²) in [5, 5.41) is 90.4. The maximum absolute atomic E-state index is 14.3. The van der Waals surface area contributed by atoms with Crippen molar-refractivity contribution in [1.29, 1.82) is 0 Å². The summed E-state index contributed by atoms with van der Waals surface area (Å²) in [4.78, 5) is 319. The van der Waals surface area contributed by atoms with Crippen LogP contribution in [-0.2, 0) is 121 Å². The molecule has 19 atom stereocenters. The van der Waals surface area contributed by atoms with E-state index < -0.39 is 321 Å². The zero-order valence-electron chi connectivity index (χ0n) is 78.9. The number of benzene rings is 1. The van der Waals surface area contributed by atoms with Gasteiger partial charge in [0.25, 0.3) is 0 Å². The normalized spacial score (nSPS) is 15.3. The van der Waals surface area contributed by atoms with Crippen molar-refractivity contribution in [1.82, 2.24) is 95.7 Å². The number of aliphatic hydroxyl groups excluding tert-OH is 1. The highest BCUT2D eigenvalue weighted by atomic mass is 16.4. The Morgan fingerprint density at radius 2 is 0.669 bits per heavy atom. The van der Waals surface area contributed by atoms with Gasteiger partial charge in [-0.3, -0.25) is 115 Å². The number of carboxylic acid groups (broad SMARTS) is 4. The number of aliphatic carboxylic acids is 4. The fraction of sp³-hybridized carbons (Fsp3) is 0.647. The monoisotopic (exact) mass is 1930 g/mol. The lowest BCUT2D eigenvalue weighted by Gasteiger charge is -2.29. The van der Waals surface area contributed by atoms with Gasteiger partial charge in [0.2, 0.25) is 118 Å². The van der Waals surface area contributed by atoms with Crippen molar-refractivity contribution < 1.29 is 141 Å². The third kappa shape index (κ3) is 45.9. The summed E-state index contributed by atoms with van der Waals surface area (Å²) in [7, 11) is 0. The highest BCUT2D eigenvalue weighted by Gasteiger charge is 2.41. The standard InChI is InChI=1S/C85H138N22O29/c1-15-42(9)67(85(136)103-54(32-48-22-18-17-19-23-48)77(128)101-56(34-60(89)110)79(130)102-57(35-64(116)117)80(131)98-52(30-39(3)4)74(125)91-37-65(118)119)105-61(111)36-90-69(120)44(11)92-70(121)45(12)95-84(135)68(43(10)16-2)107-72(123)47(14)94-75(126)51(26-28-63(114)115)97-82(133)58(38-108)104-83(134)66(41(7)8)106-81(132)53(31-40(5)6)99-78(129)55(33-59(88)109)100-76(127)50(24-20-21-29-86)96-71(122)46(13)93-73(124)49(87)25-27-62(112)113/h17-19,22-23,39-47,49-58,66-68,108H,15-16,20-21,24-38,86-87H2,1-14H3,(H2,88,109)(H2,89,110)(H,90,120)(H,91,125)(H,92,121)(H,93,124)(H,94,126)(H,95,135)(H,96,122)(H,97,133)(H,98,131)(H,99,129)(H,100,127)(H,101,128)(H,102,130)(H,103,136)(H,104,134)(H,105,111)(H,106,132)(H,107,123)(H,112,113)(H,114,115)(H,116,117)(H,118,119)/t42-,43-,44-,45-,46-,47-,49-,50-,51-,52-,53-,54-,55-,56-,57-,58-,66-,67-,68-/m0/s1. The van der Waals surface area contributed by atoms with Gasteiger partial charge in [0.05, 0.1) is 38.5 Å². The van der Waals surface area contributed by atoms with E-state index in [9.17, 15) is 130 Å². The van der Waals surface area contributed by atoms with E-state index in [1.54, 1.807) is 85.7 Å². The van der Waals surface area contributed by atoms with Crippen LogP contribution in [-0.4, -0.2) is 297 Å². The topological polar surface area (TPSA) is 831 Å². The van der Waals surface area contributed by atoms with E-state index in [-0.39, 0.29) is 69.7 Å². The molecular formula is C85H138N22O29. The number of carbonyl (C=O) groups excluding carboxylic acids is 20. The van der Waals surface area contributed by atoms with Gasteiger partial charge >= 0.3 is 23.9 Å². The van der Waals surface area contributed by atoms with Gasteiger partial charge in [0.15, 0.2) is 0 Å². The lowest BCUT2D eigenvalue weighted by molar-refractivity contribution is -0.142. The van der Waals surface area contributed by atoms with Crippen LogP contribution in [0.3, 0.4) is 0 Å². The van der Waals surface area contributed by atoms with Crippen molar-refractivity contribution in [2.75, 3.05) is 26.2 Å². The Kier molecular flexibility index (Phi) is 54.3. The predicted molar refractivity (Wildman–Crippen MR) is 482 cm³/mol. The smallest absolute Gasteiger partial charge is 0.322 e. The Morgan fingerprint density at radius 1 is 0.324 bits per heavy atom. The van der Waals surface area contributed by atoms with Crippen molar-refractivity contribution in [2.24, 2.45) is 52.5 Å². The zero-order chi connectivity index (χ0) is 104. The molecule has 51 heteroatoms. The second-order valence-electron chi connectivity index (χ2n) is 34.2. The van der Waals surface area contributed by atoms with Crippen LogP contribution in [0, 0.1) is 29.6 Å². The molecule has 0 aromatic heterocycles. The molecule has 0 bridgehead atoms. The first-order valence-electron chi connectivity index (χ1n) is 44.5. The second-order valence-corrected chi connectivity index (χ2v) is 34.2. The maximum Gasteiger partial charge on any atom is 0.322 e. The minimum Gasteiger partial charge on any atom is -0.481 e. The molecule has 0 saturated carbocycles. The molecule has 0 fully saturated rings. The number of carboxylic acids is 4. The lowest BCUT2D eigenvalue weighted by Crippen LogP contribution is -2.62. The largest absolute Gasteiger partial charge is 0.481 e. The van der Waals surface area contributed by atoms with E-state index in [0.717, 1.165) is 6.92 Å². The minimum atomic E-state index is -1.98. The molecule has 0 saturated heterocycles. The molecule has 1 aromatic carbocycles. The summed E-state index contributed by atoms with van der Waals surface area (Å²) in [6.07, 6.45) is -4.66. The first kappa shape index (κ1) is 120. The number of aliphatic hydroxyl groups is 1. The highest BCUT2D eigenvalue weighted by molar-refractivity contribution is 6.03. The van der Waals surface area contributed by atoms with Gasteiger partial charge in [-0.2, -0.15) is 0 Å². The van der Waals surface area contributed by atoms with Gasteiger partial charge < -0.3 is 144 Å². The van der Waals surface area contributed by atoms with Crippen LogP contribution in [0.25, 0.3) is 0 Å². The number of carbonyl (C=O) groups is 24. The van der Waals surface area contributed by atoms with E-state index in [2.05, 4.69) is 95.7 Å². The third-order valence-electron chi connectivity index (χ3n) is 21.1. The quantitative estimate of drug-likeness (QED) is 0.0269. The summed E-state index contributed by atoms with van der Waals surface area (Å²) in [6.45, 7) is 18.1. The number of amides is 20. The molecule has 0 spiro atoms. The molecule has 0 unspecified atom stereocenters. The number of primary amides is 2. The van der Waals surface area contributed by atoms with Crippen molar-refractivity contribution in [3.05, 3.63) is 35.9 Å². The predicted octanol–water partition coefficient (Wildman–Crippen LogP) is -8.37. The molecule has 31 N–H and O–H groups in total. The second kappa shape index (κ2) is 61.3. The number of nitrogens with one attached hydrogen (secondary N) is 18. The van der Waals surface area contributed by atoms with Crippen LogP contribution in [0.4, 0.5) is 0 Å². The molecule has 0 aliphatic heterocycles. The molecule has 0 radical (unpaired) electrons. The molecule has 762 valence electrons.